The molecule has 1 N–H and O–H groups in total. The molecule has 0 atom stereocenters. The lowest BCUT2D eigenvalue weighted by atomic mass is 9.88. The van der Waals surface area contributed by atoms with Gasteiger partial charge in [0.15, 0.2) is 0 Å². The van der Waals surface area contributed by atoms with Crippen LogP contribution < -0.4 is 5.32 Å². The zero-order chi connectivity index (χ0) is 11.2. The van der Waals surface area contributed by atoms with Crippen molar-refractivity contribution < 1.29 is 0 Å². The molecule has 0 aromatic rings. The van der Waals surface area contributed by atoms with Crippen LogP contribution in [0.15, 0.2) is 0 Å². The van der Waals surface area contributed by atoms with Crippen molar-refractivity contribution in [2.75, 3.05) is 26.2 Å². The van der Waals surface area contributed by atoms with Crippen LogP contribution in [0.4, 0.5) is 0 Å². The van der Waals surface area contributed by atoms with Crippen LogP contribution in [0.5, 0.6) is 0 Å². The maximum atomic E-state index is 3.58. The van der Waals surface area contributed by atoms with E-state index < -0.39 is 0 Å². The number of nitrogens with zero attached hydrogens (tertiary/aromatic N) is 1. The minimum Gasteiger partial charge on any atom is -0.314 e. The quantitative estimate of drug-likeness (QED) is 0.790. The molecule has 94 valence electrons. The van der Waals surface area contributed by atoms with Crippen LogP contribution in [0, 0.1) is 5.92 Å². The number of rotatable bonds is 4. The van der Waals surface area contributed by atoms with Gasteiger partial charge in [0, 0.05) is 12.6 Å². The van der Waals surface area contributed by atoms with Crippen molar-refractivity contribution >= 4 is 0 Å². The summed E-state index contributed by atoms with van der Waals surface area (Å²) in [6.45, 7) is 7.39. The standard InChI is InChI=1S/C14H28N2/c1-2-15-14-8-10-16(11-9-14)12-13-6-4-3-5-7-13/h13-15H,2-12H2,1H3. The van der Waals surface area contributed by atoms with Gasteiger partial charge < -0.3 is 10.2 Å². The van der Waals surface area contributed by atoms with Gasteiger partial charge in [0.2, 0.25) is 0 Å². The molecule has 2 rings (SSSR count). The summed E-state index contributed by atoms with van der Waals surface area (Å²) in [4.78, 5) is 2.71. The Bertz CT molecular complexity index is 179. The Labute approximate surface area is 101 Å². The molecule has 0 amide bonds. The second kappa shape index (κ2) is 6.61. The van der Waals surface area contributed by atoms with Crippen molar-refractivity contribution in [1.29, 1.82) is 0 Å². The van der Waals surface area contributed by atoms with E-state index in [2.05, 4.69) is 17.1 Å². The van der Waals surface area contributed by atoms with Crippen molar-refractivity contribution in [1.82, 2.24) is 10.2 Å². The minimum atomic E-state index is 0.799. The third kappa shape index (κ3) is 3.74. The van der Waals surface area contributed by atoms with E-state index in [1.807, 2.05) is 0 Å². The van der Waals surface area contributed by atoms with E-state index in [9.17, 15) is 0 Å². The molecule has 2 heteroatoms. The lowest BCUT2D eigenvalue weighted by molar-refractivity contribution is 0.156. The van der Waals surface area contributed by atoms with Crippen molar-refractivity contribution in [2.24, 2.45) is 5.92 Å². The van der Waals surface area contributed by atoms with Gasteiger partial charge in [-0.25, -0.2) is 0 Å². The number of hydrogen-bond donors (Lipinski definition) is 1. The Balaban J connectivity index is 1.64. The van der Waals surface area contributed by atoms with Crippen molar-refractivity contribution in [2.45, 2.75) is 57.9 Å². The average molecular weight is 224 g/mol. The Hall–Kier alpha value is -0.0800. The van der Waals surface area contributed by atoms with E-state index in [0.29, 0.717) is 0 Å². The van der Waals surface area contributed by atoms with Crippen molar-refractivity contribution in [3.05, 3.63) is 0 Å². The topological polar surface area (TPSA) is 15.3 Å². The average Bonchev–Trinajstić information content (AvgIpc) is 2.33. The maximum Gasteiger partial charge on any atom is 0.00912 e. The normalized spacial score (nSPS) is 26.1. The van der Waals surface area contributed by atoms with Crippen molar-refractivity contribution in [3.8, 4) is 0 Å². The first-order chi connectivity index (χ1) is 7.88. The van der Waals surface area contributed by atoms with Crippen LogP contribution in [0.1, 0.15) is 51.9 Å². The first kappa shape index (κ1) is 12.4. The summed E-state index contributed by atoms with van der Waals surface area (Å²) < 4.78 is 0. The lowest BCUT2D eigenvalue weighted by Gasteiger charge is -2.35. The summed E-state index contributed by atoms with van der Waals surface area (Å²) in [5, 5.41) is 3.58. The van der Waals surface area contributed by atoms with Crippen LogP contribution in [0.3, 0.4) is 0 Å². The molecular formula is C14H28N2. The second-order valence-electron chi connectivity index (χ2n) is 5.64. The first-order valence-corrected chi connectivity index (χ1v) is 7.34. The summed E-state index contributed by atoms with van der Waals surface area (Å²) in [5.74, 6) is 1.02. The highest BCUT2D eigenvalue weighted by Crippen LogP contribution is 2.25. The number of hydrogen-bond acceptors (Lipinski definition) is 2. The van der Waals surface area contributed by atoms with Gasteiger partial charge in [-0.2, -0.15) is 0 Å². The molecule has 1 aliphatic heterocycles. The third-order valence-electron chi connectivity index (χ3n) is 4.32. The maximum absolute atomic E-state index is 3.58. The SMILES string of the molecule is CCNC1CCN(CC2CCCCC2)CC1. The minimum absolute atomic E-state index is 0.799. The number of likely N-dealkylation sites (tertiary alicyclic amines) is 1. The van der Waals surface area contributed by atoms with E-state index in [1.165, 1.54) is 64.6 Å². The monoisotopic (exact) mass is 224 g/mol. The predicted octanol–water partition coefficient (Wildman–Crippen LogP) is 2.64. The zero-order valence-corrected chi connectivity index (χ0v) is 10.9. The van der Waals surface area contributed by atoms with Gasteiger partial charge in [0.1, 0.15) is 0 Å². The molecule has 0 aromatic carbocycles. The molecular weight excluding hydrogens is 196 g/mol. The third-order valence-corrected chi connectivity index (χ3v) is 4.32. The highest BCUT2D eigenvalue weighted by molar-refractivity contribution is 4.79. The lowest BCUT2D eigenvalue weighted by Crippen LogP contribution is -2.44. The molecule has 2 fully saturated rings. The molecule has 1 heterocycles. The Morgan fingerprint density at radius 2 is 1.69 bits per heavy atom. The summed E-state index contributed by atoms with van der Waals surface area (Å²) in [6.07, 6.45) is 10.2. The van der Waals surface area contributed by atoms with Crippen LogP contribution in [-0.4, -0.2) is 37.1 Å². The highest BCUT2D eigenvalue weighted by atomic mass is 15.1. The fraction of sp³-hybridized carbons (Fsp3) is 1.00. The van der Waals surface area contributed by atoms with Crippen LogP contribution in [-0.2, 0) is 0 Å². The van der Waals surface area contributed by atoms with Crippen LogP contribution >= 0.6 is 0 Å². The number of nitrogens with one attached hydrogen (secondary N) is 1. The van der Waals surface area contributed by atoms with Crippen LogP contribution in [0.25, 0.3) is 0 Å². The summed E-state index contributed by atoms with van der Waals surface area (Å²) >= 11 is 0. The Morgan fingerprint density at radius 3 is 2.31 bits per heavy atom. The van der Waals surface area contributed by atoms with Gasteiger partial charge in [-0.15, -0.1) is 0 Å². The van der Waals surface area contributed by atoms with Crippen molar-refractivity contribution in [3.63, 3.8) is 0 Å². The fourth-order valence-electron chi connectivity index (χ4n) is 3.34. The van der Waals surface area contributed by atoms with Gasteiger partial charge in [-0.1, -0.05) is 26.2 Å². The molecule has 2 aliphatic rings. The molecule has 16 heavy (non-hydrogen) atoms. The molecule has 0 spiro atoms. The molecule has 2 nitrogen and oxygen atoms in total. The largest absolute Gasteiger partial charge is 0.314 e. The predicted molar refractivity (Wildman–Crippen MR) is 69.7 cm³/mol. The van der Waals surface area contributed by atoms with Gasteiger partial charge in [0.25, 0.3) is 0 Å². The molecule has 1 saturated carbocycles. The Kier molecular flexibility index (Phi) is 5.11. The van der Waals surface area contributed by atoms with E-state index in [4.69, 9.17) is 0 Å². The summed E-state index contributed by atoms with van der Waals surface area (Å²) in [7, 11) is 0. The van der Waals surface area contributed by atoms with Crippen LogP contribution in [0.2, 0.25) is 0 Å². The van der Waals surface area contributed by atoms with E-state index >= 15 is 0 Å². The highest BCUT2D eigenvalue weighted by Gasteiger charge is 2.21. The molecule has 1 aliphatic carbocycles. The molecule has 0 bridgehead atoms. The fourth-order valence-corrected chi connectivity index (χ4v) is 3.34. The second-order valence-corrected chi connectivity index (χ2v) is 5.64. The first-order valence-electron chi connectivity index (χ1n) is 7.34. The van der Waals surface area contributed by atoms with Gasteiger partial charge in [-0.3, -0.25) is 0 Å². The number of piperidine rings is 1. The van der Waals surface area contributed by atoms with Gasteiger partial charge in [-0.05, 0) is 51.2 Å². The van der Waals surface area contributed by atoms with E-state index in [1.54, 1.807) is 0 Å². The summed E-state index contributed by atoms with van der Waals surface area (Å²) in [5.41, 5.74) is 0. The van der Waals surface area contributed by atoms with Gasteiger partial charge in [0.05, 0.1) is 0 Å². The molecule has 0 radical (unpaired) electrons. The Morgan fingerprint density at radius 1 is 1.00 bits per heavy atom. The molecule has 1 saturated heterocycles. The van der Waals surface area contributed by atoms with E-state index in [-0.39, 0.29) is 0 Å². The van der Waals surface area contributed by atoms with Gasteiger partial charge >= 0.3 is 0 Å². The molecule has 0 unspecified atom stereocenters. The molecule has 0 aromatic heterocycles. The van der Waals surface area contributed by atoms with E-state index in [0.717, 1.165) is 18.5 Å². The zero-order valence-electron chi connectivity index (χ0n) is 10.9. The smallest absolute Gasteiger partial charge is 0.00912 e. The summed E-state index contributed by atoms with van der Waals surface area (Å²) in [6, 6.07) is 0.799.